The van der Waals surface area contributed by atoms with Crippen LogP contribution in [0.2, 0.25) is 0 Å². The Bertz CT molecular complexity index is 1960. The summed E-state index contributed by atoms with van der Waals surface area (Å²) in [4.78, 5) is 35.8. The molecule has 0 aliphatic heterocycles. The van der Waals surface area contributed by atoms with E-state index in [9.17, 15) is 19.0 Å². The molecule has 490 valence electrons. The summed E-state index contributed by atoms with van der Waals surface area (Å²) < 4.78 is 34.6. The number of hydrogen-bond acceptors (Lipinski definition) is 7. The molecule has 0 spiro atoms. The van der Waals surface area contributed by atoms with Crippen LogP contribution >= 0.6 is 7.82 Å². The summed E-state index contributed by atoms with van der Waals surface area (Å²) in [5.74, 6) is -0.852. The van der Waals surface area contributed by atoms with Crippen molar-refractivity contribution in [2.24, 2.45) is 0 Å². The number of quaternary nitrogens is 1. The van der Waals surface area contributed by atoms with Crippen LogP contribution in [0.15, 0.2) is 146 Å². The molecule has 1 N–H and O–H groups in total. The molecule has 0 amide bonds. The lowest BCUT2D eigenvalue weighted by Crippen LogP contribution is -2.37. The van der Waals surface area contributed by atoms with Gasteiger partial charge in [-0.1, -0.05) is 282 Å². The fraction of sp³-hybridized carbons (Fsp3) is 0.658. The molecular formula is C76H129NO8P+. The molecule has 0 aromatic heterocycles. The minimum absolute atomic E-state index is 0.0160. The first-order valence-corrected chi connectivity index (χ1v) is 36.1. The summed E-state index contributed by atoms with van der Waals surface area (Å²) >= 11 is 0. The predicted molar refractivity (Wildman–Crippen MR) is 371 cm³/mol. The minimum atomic E-state index is -4.41. The maximum atomic E-state index is 12.9. The largest absolute Gasteiger partial charge is 0.472 e. The summed E-state index contributed by atoms with van der Waals surface area (Å²) in [7, 11) is 1.43. The topological polar surface area (TPSA) is 108 Å². The Labute approximate surface area is 529 Å². The van der Waals surface area contributed by atoms with Gasteiger partial charge >= 0.3 is 19.8 Å². The van der Waals surface area contributed by atoms with E-state index in [1.54, 1.807) is 0 Å². The quantitative estimate of drug-likeness (QED) is 0.0211. The summed E-state index contributed by atoms with van der Waals surface area (Å²) in [6.07, 6.45) is 96.6. The second kappa shape index (κ2) is 65.3. The number of rotatable bonds is 62. The maximum absolute atomic E-state index is 12.9. The lowest BCUT2D eigenvalue weighted by Gasteiger charge is -2.24. The molecule has 10 heteroatoms. The zero-order valence-corrected chi connectivity index (χ0v) is 56.6. The van der Waals surface area contributed by atoms with E-state index >= 15 is 0 Å². The van der Waals surface area contributed by atoms with Crippen LogP contribution in [-0.2, 0) is 32.7 Å². The number of likely N-dealkylation sites (N-methyl/N-ethyl adjacent to an activating group) is 1. The van der Waals surface area contributed by atoms with Crippen molar-refractivity contribution in [3.63, 3.8) is 0 Å². The average molecular weight is 1220 g/mol. The van der Waals surface area contributed by atoms with Crippen LogP contribution in [0.3, 0.4) is 0 Å². The van der Waals surface area contributed by atoms with Crippen LogP contribution in [0.4, 0.5) is 0 Å². The second-order valence-electron chi connectivity index (χ2n) is 23.8. The average Bonchev–Trinajstić information content (AvgIpc) is 3.70. The summed E-state index contributed by atoms with van der Waals surface area (Å²) in [6, 6.07) is 0. The summed E-state index contributed by atoms with van der Waals surface area (Å²) in [5.41, 5.74) is 0. The molecule has 2 atom stereocenters. The van der Waals surface area contributed by atoms with Gasteiger partial charge in [0.25, 0.3) is 0 Å². The van der Waals surface area contributed by atoms with E-state index in [0.717, 1.165) is 103 Å². The highest BCUT2D eigenvalue weighted by Crippen LogP contribution is 2.43. The Morgan fingerprint density at radius 1 is 0.372 bits per heavy atom. The molecule has 86 heavy (non-hydrogen) atoms. The van der Waals surface area contributed by atoms with Gasteiger partial charge in [-0.05, 0) is 122 Å². The highest BCUT2D eigenvalue weighted by atomic mass is 31.2. The Morgan fingerprint density at radius 2 is 0.663 bits per heavy atom. The number of allylic oxidation sites excluding steroid dienone is 24. The number of carbonyl (C=O) groups excluding carboxylic acids is 2. The van der Waals surface area contributed by atoms with Gasteiger partial charge in [0, 0.05) is 12.8 Å². The van der Waals surface area contributed by atoms with E-state index in [2.05, 4.69) is 160 Å². The van der Waals surface area contributed by atoms with Crippen molar-refractivity contribution in [1.29, 1.82) is 0 Å². The molecule has 0 aromatic carbocycles. The first-order chi connectivity index (χ1) is 42.0. The van der Waals surface area contributed by atoms with E-state index in [1.807, 2.05) is 21.1 Å². The molecule has 0 saturated carbocycles. The fourth-order valence-corrected chi connectivity index (χ4v) is 9.82. The van der Waals surface area contributed by atoms with Crippen molar-refractivity contribution in [2.75, 3.05) is 47.5 Å². The highest BCUT2D eigenvalue weighted by Gasteiger charge is 2.27. The molecule has 0 heterocycles. The molecule has 0 radical (unpaired) electrons. The lowest BCUT2D eigenvalue weighted by atomic mass is 10.0. The molecular weight excluding hydrogens is 1090 g/mol. The lowest BCUT2D eigenvalue weighted by molar-refractivity contribution is -0.870. The number of carbonyl (C=O) groups is 2. The van der Waals surface area contributed by atoms with Gasteiger partial charge < -0.3 is 18.9 Å². The van der Waals surface area contributed by atoms with Gasteiger partial charge in [0.05, 0.1) is 27.7 Å². The Balaban J connectivity index is 4.19. The predicted octanol–water partition coefficient (Wildman–Crippen LogP) is 22.6. The Hall–Kier alpha value is -4.11. The van der Waals surface area contributed by atoms with Crippen molar-refractivity contribution < 1.29 is 42.1 Å². The molecule has 0 aliphatic carbocycles. The maximum Gasteiger partial charge on any atom is 0.472 e. The first-order valence-electron chi connectivity index (χ1n) is 34.6. The Kier molecular flexibility index (Phi) is 62.2. The zero-order valence-electron chi connectivity index (χ0n) is 55.7. The molecule has 9 nitrogen and oxygen atoms in total. The van der Waals surface area contributed by atoms with Crippen molar-refractivity contribution in [3.05, 3.63) is 146 Å². The number of unbranched alkanes of at least 4 members (excludes halogenated alkanes) is 24. The molecule has 0 aliphatic rings. The number of phosphoric ester groups is 1. The number of nitrogens with zero attached hydrogens (tertiary/aromatic N) is 1. The molecule has 0 fully saturated rings. The van der Waals surface area contributed by atoms with Gasteiger partial charge in [-0.25, -0.2) is 4.57 Å². The number of ether oxygens (including phenoxy) is 2. The van der Waals surface area contributed by atoms with Crippen molar-refractivity contribution in [1.82, 2.24) is 0 Å². The van der Waals surface area contributed by atoms with Gasteiger partial charge in [0.15, 0.2) is 6.10 Å². The second-order valence-corrected chi connectivity index (χ2v) is 25.3. The standard InChI is InChI=1S/C76H128NO8P/c1-6-8-10-12-14-16-18-20-22-24-26-28-30-32-34-36-37-38-39-41-43-45-47-49-51-53-55-57-59-61-63-65-67-69-76(79)85-74(73-84-86(80,81)83-71-70-77(3,4)5)72-82-75(78)68-66-64-62-60-58-56-54-52-50-48-46-44-42-40-35-33-31-29-27-25-23-21-19-17-15-13-11-9-7-2/h8,10,14,16,19-22,25-28,32,34,37-38,41,43,47,49,53,55,59,61,74H,6-7,9,11-13,15,17-18,23-24,29-31,33,35-36,39-40,42,44-46,48,50-52,54,56-58,60,62-73H2,1-5H3/p+1/b10-8-,16-14-,21-19-,22-20-,27-25-,28-26-,34-32-,38-37-,43-41-,49-47-,55-53-,61-59-. The monoisotopic (exact) mass is 1210 g/mol. The molecule has 2 unspecified atom stereocenters. The van der Waals surface area contributed by atoms with Crippen molar-refractivity contribution in [2.45, 2.75) is 277 Å². The SMILES string of the molecule is CC/C=C\C/C=C\C/C=C\C/C=C\C/C=C\C/C=C\C/C=C\C/C=C\C/C=C\C/C=C\CCCCC(=O)OC(COC(=O)CCCCCCCCCCCCCCCCCCC/C=C\C/C=C\CCCCCCC)COP(=O)(O)OCC[N+](C)(C)C. The van der Waals surface area contributed by atoms with E-state index in [-0.39, 0.29) is 32.0 Å². The number of hydrogen-bond donors (Lipinski definition) is 1. The van der Waals surface area contributed by atoms with Crippen LogP contribution in [0.1, 0.15) is 271 Å². The van der Waals surface area contributed by atoms with Crippen LogP contribution in [0.25, 0.3) is 0 Å². The van der Waals surface area contributed by atoms with Crippen LogP contribution in [0.5, 0.6) is 0 Å². The Morgan fingerprint density at radius 3 is 1.01 bits per heavy atom. The van der Waals surface area contributed by atoms with Crippen LogP contribution < -0.4 is 0 Å². The molecule has 0 aromatic rings. The molecule has 0 bridgehead atoms. The van der Waals surface area contributed by atoms with E-state index < -0.39 is 26.5 Å². The normalized spacial score (nSPS) is 14.1. The van der Waals surface area contributed by atoms with Gasteiger partial charge in [0.2, 0.25) is 0 Å². The van der Waals surface area contributed by atoms with E-state index in [1.165, 1.54) is 135 Å². The van der Waals surface area contributed by atoms with Gasteiger partial charge in [-0.3, -0.25) is 18.6 Å². The van der Waals surface area contributed by atoms with Gasteiger partial charge in [-0.2, -0.15) is 0 Å². The third-order valence-electron chi connectivity index (χ3n) is 14.4. The van der Waals surface area contributed by atoms with Gasteiger partial charge in [-0.15, -0.1) is 0 Å². The molecule has 0 rings (SSSR count). The third-order valence-corrected chi connectivity index (χ3v) is 15.3. The number of phosphoric acid groups is 1. The third kappa shape index (κ3) is 69.0. The minimum Gasteiger partial charge on any atom is -0.462 e. The fourth-order valence-electron chi connectivity index (χ4n) is 9.07. The summed E-state index contributed by atoms with van der Waals surface area (Å²) in [5, 5.41) is 0. The molecule has 0 saturated heterocycles. The van der Waals surface area contributed by atoms with Crippen LogP contribution in [0, 0.1) is 0 Å². The van der Waals surface area contributed by atoms with Crippen molar-refractivity contribution >= 4 is 19.8 Å². The smallest absolute Gasteiger partial charge is 0.462 e. The zero-order chi connectivity index (χ0) is 62.6. The van der Waals surface area contributed by atoms with E-state index in [4.69, 9.17) is 18.5 Å². The first kappa shape index (κ1) is 81.9. The van der Waals surface area contributed by atoms with Gasteiger partial charge in [0.1, 0.15) is 19.8 Å². The number of esters is 2. The summed E-state index contributed by atoms with van der Waals surface area (Å²) in [6.45, 7) is 4.26. The van der Waals surface area contributed by atoms with E-state index in [0.29, 0.717) is 17.4 Å². The highest BCUT2D eigenvalue weighted by molar-refractivity contribution is 7.47. The van der Waals surface area contributed by atoms with Crippen molar-refractivity contribution in [3.8, 4) is 0 Å². The van der Waals surface area contributed by atoms with Crippen LogP contribution in [-0.4, -0.2) is 74.9 Å².